The van der Waals surface area contributed by atoms with Crippen molar-refractivity contribution in [2.45, 2.75) is 32.4 Å². The Morgan fingerprint density at radius 2 is 2.45 bits per heavy atom. The van der Waals surface area contributed by atoms with Crippen molar-refractivity contribution in [1.29, 1.82) is 0 Å². The SMILES string of the molecule is OCc1ncc2n1CCCC2. The second-order valence-corrected chi connectivity index (χ2v) is 2.93. The van der Waals surface area contributed by atoms with Gasteiger partial charge in [-0.1, -0.05) is 0 Å². The summed E-state index contributed by atoms with van der Waals surface area (Å²) in [4.78, 5) is 4.13. The molecule has 60 valence electrons. The summed E-state index contributed by atoms with van der Waals surface area (Å²) >= 11 is 0. The van der Waals surface area contributed by atoms with Crippen molar-refractivity contribution in [2.24, 2.45) is 0 Å². The first kappa shape index (κ1) is 6.85. The monoisotopic (exact) mass is 152 g/mol. The van der Waals surface area contributed by atoms with E-state index in [1.54, 1.807) is 0 Å². The van der Waals surface area contributed by atoms with Crippen molar-refractivity contribution in [2.75, 3.05) is 0 Å². The number of fused-ring (bicyclic) bond motifs is 1. The molecule has 2 rings (SSSR count). The zero-order chi connectivity index (χ0) is 7.68. The Bertz CT molecular complexity index is 241. The first-order valence-corrected chi connectivity index (χ1v) is 4.06. The van der Waals surface area contributed by atoms with Crippen LogP contribution in [-0.2, 0) is 19.6 Å². The molecule has 1 aromatic heterocycles. The third-order valence-electron chi connectivity index (χ3n) is 2.23. The van der Waals surface area contributed by atoms with Crippen LogP contribution in [0.1, 0.15) is 24.4 Å². The molecule has 0 spiro atoms. The molecule has 0 unspecified atom stereocenters. The first-order chi connectivity index (χ1) is 5.42. The van der Waals surface area contributed by atoms with Crippen LogP contribution in [0.15, 0.2) is 6.20 Å². The molecule has 0 aliphatic carbocycles. The van der Waals surface area contributed by atoms with Gasteiger partial charge < -0.3 is 9.67 Å². The van der Waals surface area contributed by atoms with Crippen molar-refractivity contribution in [3.63, 3.8) is 0 Å². The molecular weight excluding hydrogens is 140 g/mol. The lowest BCUT2D eigenvalue weighted by Crippen LogP contribution is -2.12. The molecule has 0 radical (unpaired) electrons. The van der Waals surface area contributed by atoms with Crippen LogP contribution in [0.5, 0.6) is 0 Å². The van der Waals surface area contributed by atoms with Gasteiger partial charge in [0.15, 0.2) is 0 Å². The predicted molar refractivity (Wildman–Crippen MR) is 41.1 cm³/mol. The van der Waals surface area contributed by atoms with E-state index in [2.05, 4.69) is 9.55 Å². The molecule has 0 saturated heterocycles. The van der Waals surface area contributed by atoms with E-state index in [4.69, 9.17) is 5.11 Å². The highest BCUT2D eigenvalue weighted by Crippen LogP contribution is 2.15. The normalized spacial score (nSPS) is 16.5. The van der Waals surface area contributed by atoms with Crippen LogP contribution in [0.2, 0.25) is 0 Å². The van der Waals surface area contributed by atoms with Crippen molar-refractivity contribution >= 4 is 0 Å². The summed E-state index contributed by atoms with van der Waals surface area (Å²) in [6.45, 7) is 1.10. The maximum atomic E-state index is 8.90. The number of rotatable bonds is 1. The quantitative estimate of drug-likeness (QED) is 0.643. The van der Waals surface area contributed by atoms with E-state index >= 15 is 0 Å². The summed E-state index contributed by atoms with van der Waals surface area (Å²) < 4.78 is 2.13. The zero-order valence-electron chi connectivity index (χ0n) is 6.45. The van der Waals surface area contributed by atoms with Gasteiger partial charge in [-0.25, -0.2) is 4.98 Å². The van der Waals surface area contributed by atoms with Crippen molar-refractivity contribution in [1.82, 2.24) is 9.55 Å². The van der Waals surface area contributed by atoms with E-state index in [9.17, 15) is 0 Å². The number of aliphatic hydroxyl groups is 1. The Morgan fingerprint density at radius 1 is 1.55 bits per heavy atom. The van der Waals surface area contributed by atoms with Gasteiger partial charge in [-0.3, -0.25) is 0 Å². The van der Waals surface area contributed by atoms with Crippen LogP contribution in [-0.4, -0.2) is 14.7 Å². The molecule has 0 amide bonds. The van der Waals surface area contributed by atoms with Gasteiger partial charge in [0, 0.05) is 18.4 Å². The number of aromatic nitrogens is 2. The Morgan fingerprint density at radius 3 is 3.27 bits per heavy atom. The highest BCUT2D eigenvalue weighted by atomic mass is 16.3. The average molecular weight is 152 g/mol. The minimum Gasteiger partial charge on any atom is -0.388 e. The van der Waals surface area contributed by atoms with Gasteiger partial charge in [0.25, 0.3) is 0 Å². The molecule has 1 aliphatic rings. The molecular formula is C8H12N2O. The second-order valence-electron chi connectivity index (χ2n) is 2.93. The molecule has 11 heavy (non-hydrogen) atoms. The summed E-state index contributed by atoms with van der Waals surface area (Å²) in [5.41, 5.74) is 1.28. The maximum absolute atomic E-state index is 8.90. The largest absolute Gasteiger partial charge is 0.388 e. The summed E-state index contributed by atoms with van der Waals surface area (Å²) in [6, 6.07) is 0. The lowest BCUT2D eigenvalue weighted by Gasteiger charge is -2.15. The smallest absolute Gasteiger partial charge is 0.134 e. The van der Waals surface area contributed by atoms with Crippen LogP contribution in [0.25, 0.3) is 0 Å². The molecule has 1 aliphatic heterocycles. The number of aryl methyl sites for hydroxylation is 1. The third-order valence-corrected chi connectivity index (χ3v) is 2.23. The highest BCUT2D eigenvalue weighted by molar-refractivity contribution is 5.06. The number of aliphatic hydroxyl groups excluding tert-OH is 1. The van der Waals surface area contributed by atoms with Crippen LogP contribution in [0, 0.1) is 0 Å². The fourth-order valence-electron chi connectivity index (χ4n) is 1.63. The summed E-state index contributed by atoms with van der Waals surface area (Å²) in [7, 11) is 0. The Balaban J connectivity index is 2.38. The Hall–Kier alpha value is -0.830. The minimum absolute atomic E-state index is 0.0694. The molecule has 0 atom stereocenters. The maximum Gasteiger partial charge on any atom is 0.134 e. The number of hydrogen-bond acceptors (Lipinski definition) is 2. The molecule has 1 N–H and O–H groups in total. The Labute approximate surface area is 65.7 Å². The standard InChI is InChI=1S/C8H12N2O/c11-6-8-9-5-7-3-1-2-4-10(7)8/h5,11H,1-4,6H2. The molecule has 0 bridgehead atoms. The number of hydrogen-bond donors (Lipinski definition) is 1. The highest BCUT2D eigenvalue weighted by Gasteiger charge is 2.12. The van der Waals surface area contributed by atoms with E-state index in [1.807, 2.05) is 6.20 Å². The fourth-order valence-corrected chi connectivity index (χ4v) is 1.63. The van der Waals surface area contributed by atoms with Crippen LogP contribution in [0.4, 0.5) is 0 Å². The fraction of sp³-hybridized carbons (Fsp3) is 0.625. The van der Waals surface area contributed by atoms with Gasteiger partial charge in [0.2, 0.25) is 0 Å². The molecule has 2 heterocycles. The van der Waals surface area contributed by atoms with Gasteiger partial charge in [-0.2, -0.15) is 0 Å². The lowest BCUT2D eigenvalue weighted by atomic mass is 10.1. The molecule has 0 fully saturated rings. The van der Waals surface area contributed by atoms with Gasteiger partial charge >= 0.3 is 0 Å². The van der Waals surface area contributed by atoms with Gasteiger partial charge in [0.1, 0.15) is 12.4 Å². The third kappa shape index (κ3) is 1.05. The van der Waals surface area contributed by atoms with Crippen molar-refractivity contribution in [3.8, 4) is 0 Å². The van der Waals surface area contributed by atoms with E-state index in [1.165, 1.54) is 18.5 Å². The molecule has 3 heteroatoms. The minimum atomic E-state index is 0.0694. The van der Waals surface area contributed by atoms with E-state index in [0.29, 0.717) is 0 Å². The lowest BCUT2D eigenvalue weighted by molar-refractivity contribution is 0.262. The second kappa shape index (κ2) is 2.66. The van der Waals surface area contributed by atoms with Crippen LogP contribution < -0.4 is 0 Å². The van der Waals surface area contributed by atoms with Gasteiger partial charge in [-0.05, 0) is 19.3 Å². The van der Waals surface area contributed by atoms with Crippen molar-refractivity contribution in [3.05, 3.63) is 17.7 Å². The van der Waals surface area contributed by atoms with E-state index < -0.39 is 0 Å². The van der Waals surface area contributed by atoms with Gasteiger partial charge in [-0.15, -0.1) is 0 Å². The number of nitrogens with zero attached hydrogens (tertiary/aromatic N) is 2. The van der Waals surface area contributed by atoms with Crippen LogP contribution in [0.3, 0.4) is 0 Å². The molecule has 0 aromatic carbocycles. The van der Waals surface area contributed by atoms with E-state index in [-0.39, 0.29) is 6.61 Å². The van der Waals surface area contributed by atoms with Crippen molar-refractivity contribution < 1.29 is 5.11 Å². The summed E-state index contributed by atoms with van der Waals surface area (Å²) in [6.07, 6.45) is 5.48. The van der Waals surface area contributed by atoms with E-state index in [0.717, 1.165) is 18.8 Å². The number of imidazole rings is 1. The molecule has 1 aromatic rings. The van der Waals surface area contributed by atoms with Crippen LogP contribution >= 0.6 is 0 Å². The van der Waals surface area contributed by atoms with Gasteiger partial charge in [0.05, 0.1) is 0 Å². The molecule has 0 saturated carbocycles. The summed E-state index contributed by atoms with van der Waals surface area (Å²) in [5, 5.41) is 8.90. The predicted octanol–water partition coefficient (Wildman–Crippen LogP) is 0.712. The first-order valence-electron chi connectivity index (χ1n) is 4.06. The average Bonchev–Trinajstić information content (AvgIpc) is 2.47. The molecule has 3 nitrogen and oxygen atoms in total. The summed E-state index contributed by atoms with van der Waals surface area (Å²) in [5.74, 6) is 0.819. The Kier molecular flexibility index (Phi) is 1.66. The zero-order valence-corrected chi connectivity index (χ0v) is 6.45. The topological polar surface area (TPSA) is 38.1 Å².